The molecule has 0 fully saturated rings. The van der Waals surface area contributed by atoms with Crippen molar-refractivity contribution >= 4 is 0 Å². The third kappa shape index (κ3) is 44.1. The van der Waals surface area contributed by atoms with Gasteiger partial charge in [0.25, 0.3) is 5.54 Å². The van der Waals surface area contributed by atoms with Crippen LogP contribution in [-0.4, -0.2) is 100 Å². The molecule has 0 aromatic rings. The maximum atomic E-state index is 11.4. The number of aliphatic hydroxyl groups excluding tert-OH is 5. The van der Waals surface area contributed by atoms with E-state index in [0.29, 0.717) is 38.5 Å². The standard InChI is InChI=1S/2C17H35NO3.C14H29NO4.C13H27NO3/c1-3-5-7-9-10-11-13-15-17(16-19,18(20)21)14-12-8-6-4-2;1-3-5-7-9-11-13-15-17(16-19,18(20)21)14-12-10-8-6-4-2;1-2-3-4-5-6-7-8-9-10-11-14(12-16,13-17)15(18)19;1-3-4-5-6-7-8-9-10-11-13(2,12-15)14(16)17/h2*19H,3-16H2,1-2H3;16-17H,2-13H2,1H3;15H,3-12H2,1-2H3. The zero-order valence-corrected chi connectivity index (χ0v) is 51.6. The van der Waals surface area contributed by atoms with Crippen molar-refractivity contribution in [1.82, 2.24) is 0 Å². The van der Waals surface area contributed by atoms with Gasteiger partial charge in [0, 0.05) is 65.1 Å². The smallest absolute Gasteiger partial charge is 0.267 e. The Balaban J connectivity index is -0.000000470. The van der Waals surface area contributed by atoms with Crippen molar-refractivity contribution in [3.05, 3.63) is 40.5 Å². The molecule has 0 bridgehead atoms. The summed E-state index contributed by atoms with van der Waals surface area (Å²) in [5, 5.41) is 90.6. The SMILES string of the molecule is CCCCCCCCC(CO)(CCCCCCC)[N+](=O)[O-].CCCCCCCCCC(CO)(CCCCCC)[N+](=O)[O-].CCCCCCCCCCC(C)(CO)[N+](=O)[O-].CCCCCCCCCCCC(CO)(CO)[N+](=O)[O-]. The second-order valence-electron chi connectivity index (χ2n) is 23.2. The topological polar surface area (TPSA) is 274 Å². The molecule has 0 radical (unpaired) electrons. The fourth-order valence-corrected chi connectivity index (χ4v) is 9.68. The number of unbranched alkanes of at least 4 members (excludes halogenated alkanes) is 33. The monoisotopic (exact) mass is 1120 g/mol. The lowest BCUT2D eigenvalue weighted by atomic mass is 9.87. The van der Waals surface area contributed by atoms with Gasteiger partial charge in [0.1, 0.15) is 33.0 Å². The van der Waals surface area contributed by atoms with Crippen LogP contribution >= 0.6 is 0 Å². The molecule has 0 amide bonds. The highest BCUT2D eigenvalue weighted by molar-refractivity contribution is 4.81. The molecule has 0 heterocycles. The van der Waals surface area contributed by atoms with Gasteiger partial charge in [-0.2, -0.15) is 0 Å². The van der Waals surface area contributed by atoms with Gasteiger partial charge in [-0.3, -0.25) is 40.5 Å². The Morgan fingerprint density at radius 1 is 0.244 bits per heavy atom. The quantitative estimate of drug-likeness (QED) is 0.0216. The molecule has 468 valence electrons. The van der Waals surface area contributed by atoms with Gasteiger partial charge >= 0.3 is 0 Å². The van der Waals surface area contributed by atoms with Crippen molar-refractivity contribution in [2.24, 2.45) is 0 Å². The minimum atomic E-state index is -1.54. The molecule has 0 saturated heterocycles. The highest BCUT2D eigenvalue weighted by atomic mass is 16.6. The van der Waals surface area contributed by atoms with Crippen molar-refractivity contribution in [3.8, 4) is 0 Å². The minimum Gasteiger partial charge on any atom is -0.389 e. The maximum Gasteiger partial charge on any atom is 0.267 e. The van der Waals surface area contributed by atoms with E-state index in [2.05, 4.69) is 41.5 Å². The third-order valence-corrected chi connectivity index (χ3v) is 15.9. The predicted molar refractivity (Wildman–Crippen MR) is 322 cm³/mol. The summed E-state index contributed by atoms with van der Waals surface area (Å²) in [7, 11) is 0. The predicted octanol–water partition coefficient (Wildman–Crippen LogP) is 16.7. The molecule has 0 aliphatic rings. The van der Waals surface area contributed by atoms with E-state index < -0.39 is 40.3 Å². The van der Waals surface area contributed by atoms with Gasteiger partial charge in [-0.1, -0.05) is 253 Å². The maximum absolute atomic E-state index is 11.4. The van der Waals surface area contributed by atoms with Crippen molar-refractivity contribution < 1.29 is 45.2 Å². The van der Waals surface area contributed by atoms with E-state index in [4.69, 9.17) is 15.3 Å². The molecule has 78 heavy (non-hydrogen) atoms. The molecule has 0 saturated carbocycles. The van der Waals surface area contributed by atoms with Gasteiger partial charge in [-0.15, -0.1) is 0 Å². The van der Waals surface area contributed by atoms with E-state index in [1.807, 2.05) is 0 Å². The normalized spacial score (nSPS) is 13.6. The zero-order valence-electron chi connectivity index (χ0n) is 51.6. The number of aliphatic hydroxyl groups is 5. The van der Waals surface area contributed by atoms with Crippen LogP contribution in [0.5, 0.6) is 0 Å². The molecule has 3 unspecified atom stereocenters. The highest BCUT2D eigenvalue weighted by Gasteiger charge is 2.43. The molecular formula is C61H126N4O13. The van der Waals surface area contributed by atoms with E-state index in [1.165, 1.54) is 135 Å². The number of hydrogen-bond acceptors (Lipinski definition) is 13. The average molecular weight is 1120 g/mol. The Bertz CT molecular complexity index is 1350. The number of nitrogens with zero attached hydrogens (tertiary/aromatic N) is 4. The summed E-state index contributed by atoms with van der Waals surface area (Å²) in [4.78, 5) is 43.0. The average Bonchev–Trinajstić information content (AvgIpc) is 3.43. The van der Waals surface area contributed by atoms with Crippen molar-refractivity contribution in [2.45, 2.75) is 360 Å². The molecule has 5 N–H and O–H groups in total. The third-order valence-electron chi connectivity index (χ3n) is 15.9. The van der Waals surface area contributed by atoms with Crippen LogP contribution in [0.15, 0.2) is 0 Å². The van der Waals surface area contributed by atoms with Gasteiger partial charge in [0.2, 0.25) is 16.6 Å². The molecule has 0 aliphatic carbocycles. The van der Waals surface area contributed by atoms with Crippen LogP contribution in [0.2, 0.25) is 0 Å². The van der Waals surface area contributed by atoms with E-state index in [-0.39, 0.29) is 41.0 Å². The summed E-state index contributed by atoms with van der Waals surface area (Å²) >= 11 is 0. The molecule has 17 nitrogen and oxygen atoms in total. The van der Waals surface area contributed by atoms with Crippen LogP contribution in [0, 0.1) is 40.5 Å². The Labute approximate surface area is 476 Å². The molecule has 3 atom stereocenters. The first-order valence-corrected chi connectivity index (χ1v) is 32.1. The summed E-state index contributed by atoms with van der Waals surface area (Å²) in [6.07, 6.45) is 46.9. The summed E-state index contributed by atoms with van der Waals surface area (Å²) in [5.41, 5.74) is -4.85. The number of rotatable bonds is 54. The van der Waals surface area contributed by atoms with Gasteiger partial charge in [0.15, 0.2) is 0 Å². The molecule has 17 heteroatoms. The van der Waals surface area contributed by atoms with E-state index in [9.17, 15) is 50.7 Å². The fourth-order valence-electron chi connectivity index (χ4n) is 9.68. The van der Waals surface area contributed by atoms with Crippen LogP contribution in [0.1, 0.15) is 337 Å². The Hall–Kier alpha value is -2.60. The lowest BCUT2D eigenvalue weighted by Gasteiger charge is -2.23. The van der Waals surface area contributed by atoms with Gasteiger partial charge in [-0.25, -0.2) is 0 Å². The fraction of sp³-hybridized carbons (Fsp3) is 1.00. The first-order valence-electron chi connectivity index (χ1n) is 32.1. The van der Waals surface area contributed by atoms with Gasteiger partial charge < -0.3 is 25.5 Å². The molecular weight excluding hydrogens is 997 g/mol. The van der Waals surface area contributed by atoms with Crippen molar-refractivity contribution in [1.29, 1.82) is 0 Å². The van der Waals surface area contributed by atoms with Crippen LogP contribution in [0.25, 0.3) is 0 Å². The van der Waals surface area contributed by atoms with Gasteiger partial charge in [-0.05, 0) is 38.5 Å². The van der Waals surface area contributed by atoms with E-state index >= 15 is 0 Å². The largest absolute Gasteiger partial charge is 0.389 e. The lowest BCUT2D eigenvalue weighted by Crippen LogP contribution is -2.45. The molecule has 0 aromatic heterocycles. The Morgan fingerprint density at radius 3 is 0.577 bits per heavy atom. The summed E-state index contributed by atoms with van der Waals surface area (Å²) in [6.45, 7) is 12.4. The lowest BCUT2D eigenvalue weighted by molar-refractivity contribution is -0.578. The Kier molecular flexibility index (Phi) is 60.5. The zero-order chi connectivity index (χ0) is 59.7. The first-order chi connectivity index (χ1) is 37.4. The number of hydrogen-bond donors (Lipinski definition) is 5. The second-order valence-corrected chi connectivity index (χ2v) is 23.2. The second kappa shape index (κ2) is 57.6. The van der Waals surface area contributed by atoms with E-state index in [0.717, 1.165) is 116 Å². The molecule has 0 aromatic carbocycles. The van der Waals surface area contributed by atoms with Crippen LogP contribution in [0.4, 0.5) is 0 Å². The molecule has 0 spiro atoms. The van der Waals surface area contributed by atoms with E-state index in [1.54, 1.807) is 0 Å². The highest BCUT2D eigenvalue weighted by Crippen LogP contribution is 2.28. The van der Waals surface area contributed by atoms with Crippen LogP contribution in [-0.2, 0) is 0 Å². The number of nitro groups is 4. The Morgan fingerprint density at radius 2 is 0.410 bits per heavy atom. The molecule has 0 rings (SSSR count). The summed E-state index contributed by atoms with van der Waals surface area (Å²) < 4.78 is 0. The van der Waals surface area contributed by atoms with Crippen molar-refractivity contribution in [2.75, 3.05) is 33.0 Å². The van der Waals surface area contributed by atoms with Crippen LogP contribution in [0.3, 0.4) is 0 Å². The summed E-state index contributed by atoms with van der Waals surface area (Å²) in [5.74, 6) is 0. The first kappa shape index (κ1) is 81.9. The summed E-state index contributed by atoms with van der Waals surface area (Å²) in [6, 6.07) is 0. The minimum absolute atomic E-state index is 0.223. The van der Waals surface area contributed by atoms with Crippen LogP contribution < -0.4 is 0 Å². The van der Waals surface area contributed by atoms with Crippen molar-refractivity contribution in [3.63, 3.8) is 0 Å². The van der Waals surface area contributed by atoms with Gasteiger partial charge in [0.05, 0.1) is 0 Å². The molecule has 0 aliphatic heterocycles.